The summed E-state index contributed by atoms with van der Waals surface area (Å²) in [7, 11) is 0. The lowest BCUT2D eigenvalue weighted by Gasteiger charge is -2.22. The molecule has 2 amide bonds. The number of hydrogen-bond acceptors (Lipinski definition) is 7. The summed E-state index contributed by atoms with van der Waals surface area (Å²) in [6.45, 7) is 1.57. The number of anilines is 1. The molecule has 0 bridgehead atoms. The fraction of sp³-hybridized carbons (Fsp3) is 0.0800. The molecule has 1 aliphatic rings. The fourth-order valence-electron chi connectivity index (χ4n) is 3.29. The first-order chi connectivity index (χ1) is 16.8. The van der Waals surface area contributed by atoms with E-state index in [1.807, 2.05) is 54.6 Å². The van der Waals surface area contributed by atoms with E-state index in [1.54, 1.807) is 13.0 Å². The molecule has 0 aromatic heterocycles. The molecule has 1 fully saturated rings. The normalized spacial score (nSPS) is 15.2. The monoisotopic (exact) mass is 505 g/mol. The van der Waals surface area contributed by atoms with Gasteiger partial charge >= 0.3 is 0 Å². The van der Waals surface area contributed by atoms with Crippen molar-refractivity contribution in [1.29, 1.82) is 0 Å². The summed E-state index contributed by atoms with van der Waals surface area (Å²) in [4.78, 5) is 37.8. The van der Waals surface area contributed by atoms with Gasteiger partial charge in [-0.25, -0.2) is 0 Å². The Morgan fingerprint density at radius 3 is 2.46 bits per heavy atom. The van der Waals surface area contributed by atoms with Crippen molar-refractivity contribution in [3.05, 3.63) is 99.4 Å². The van der Waals surface area contributed by atoms with Crippen LogP contribution in [0.4, 0.5) is 11.4 Å². The molecule has 8 nitrogen and oxygen atoms in total. The summed E-state index contributed by atoms with van der Waals surface area (Å²) in [6, 6.07) is 21.2. The smallest absolute Gasteiger partial charge is 0.269 e. The number of ether oxygens (including phenoxy) is 1. The van der Waals surface area contributed by atoms with Crippen LogP contribution in [0.25, 0.3) is 6.08 Å². The number of nitrogens with zero attached hydrogens (tertiary/aromatic N) is 2. The number of benzene rings is 3. The van der Waals surface area contributed by atoms with Gasteiger partial charge in [0.15, 0.2) is 0 Å². The van der Waals surface area contributed by atoms with Crippen molar-refractivity contribution in [3.8, 4) is 11.5 Å². The highest BCUT2D eigenvalue weighted by Crippen LogP contribution is 2.35. The molecule has 176 valence electrons. The van der Waals surface area contributed by atoms with Crippen molar-refractivity contribution in [3.63, 3.8) is 0 Å². The van der Waals surface area contributed by atoms with Gasteiger partial charge < -0.3 is 10.1 Å². The first-order valence-corrected chi connectivity index (χ1v) is 11.7. The summed E-state index contributed by atoms with van der Waals surface area (Å²) in [5, 5.41) is 13.5. The Hall–Kier alpha value is -4.02. The van der Waals surface area contributed by atoms with Gasteiger partial charge in [0, 0.05) is 17.8 Å². The molecule has 10 heteroatoms. The number of para-hydroxylation sites is 1. The quantitative estimate of drug-likeness (QED) is 0.193. The first-order valence-electron chi connectivity index (χ1n) is 10.5. The molecular formula is C25H19N3O5S2. The second-order valence-corrected chi connectivity index (χ2v) is 9.18. The van der Waals surface area contributed by atoms with E-state index in [0.29, 0.717) is 22.1 Å². The highest BCUT2D eigenvalue weighted by molar-refractivity contribution is 8.26. The third-order valence-corrected chi connectivity index (χ3v) is 6.40. The Balaban J connectivity index is 1.46. The number of nitro groups is 1. The minimum Gasteiger partial charge on any atom is -0.457 e. The minimum absolute atomic E-state index is 0.0867. The predicted octanol–water partition coefficient (Wildman–Crippen LogP) is 5.62. The highest BCUT2D eigenvalue weighted by Gasteiger charge is 2.38. The van der Waals surface area contributed by atoms with E-state index >= 15 is 0 Å². The third kappa shape index (κ3) is 5.73. The van der Waals surface area contributed by atoms with E-state index in [4.69, 9.17) is 17.0 Å². The van der Waals surface area contributed by atoms with Gasteiger partial charge in [-0.05, 0) is 55.0 Å². The van der Waals surface area contributed by atoms with Crippen LogP contribution in [0.15, 0.2) is 83.8 Å². The Labute approximate surface area is 210 Å². The van der Waals surface area contributed by atoms with Gasteiger partial charge in [0.05, 0.1) is 9.83 Å². The number of hydrogen-bond donors (Lipinski definition) is 1. The van der Waals surface area contributed by atoms with Gasteiger partial charge in [-0.3, -0.25) is 24.6 Å². The van der Waals surface area contributed by atoms with Crippen LogP contribution in [0.3, 0.4) is 0 Å². The van der Waals surface area contributed by atoms with Crippen LogP contribution in [-0.2, 0) is 9.59 Å². The molecule has 1 atom stereocenters. The number of thioether (sulfide) groups is 1. The summed E-state index contributed by atoms with van der Waals surface area (Å²) in [6.07, 6.45) is 1.71. The minimum atomic E-state index is -0.878. The third-order valence-electron chi connectivity index (χ3n) is 5.07. The number of non-ortho nitro benzene ring substituents is 1. The Kier molecular flexibility index (Phi) is 7.23. The molecule has 1 N–H and O–H groups in total. The van der Waals surface area contributed by atoms with Crippen molar-refractivity contribution >= 4 is 57.6 Å². The molecular weight excluding hydrogens is 486 g/mol. The van der Waals surface area contributed by atoms with Crippen LogP contribution in [-0.4, -0.2) is 32.0 Å². The molecule has 0 saturated carbocycles. The first kappa shape index (κ1) is 24.1. The number of nitrogens with one attached hydrogen (secondary N) is 1. The largest absolute Gasteiger partial charge is 0.457 e. The molecule has 1 saturated heterocycles. The summed E-state index contributed by atoms with van der Waals surface area (Å²) in [5.41, 5.74) is 1.04. The van der Waals surface area contributed by atoms with Crippen molar-refractivity contribution in [2.45, 2.75) is 13.0 Å². The van der Waals surface area contributed by atoms with Gasteiger partial charge in [0.1, 0.15) is 21.9 Å². The molecule has 0 radical (unpaired) electrons. The molecule has 1 aliphatic heterocycles. The summed E-state index contributed by atoms with van der Waals surface area (Å²) in [5.74, 6) is 0.482. The van der Waals surface area contributed by atoms with Crippen LogP contribution in [0.2, 0.25) is 0 Å². The average Bonchev–Trinajstić information content (AvgIpc) is 3.12. The molecule has 1 unspecified atom stereocenters. The van der Waals surface area contributed by atoms with Crippen molar-refractivity contribution in [1.82, 2.24) is 4.90 Å². The second-order valence-electron chi connectivity index (χ2n) is 7.51. The van der Waals surface area contributed by atoms with Crippen LogP contribution in [0, 0.1) is 10.1 Å². The topological polar surface area (TPSA) is 102 Å². The van der Waals surface area contributed by atoms with E-state index in [9.17, 15) is 19.7 Å². The average molecular weight is 506 g/mol. The van der Waals surface area contributed by atoms with Gasteiger partial charge in [-0.1, -0.05) is 54.3 Å². The standard InChI is InChI=1S/C25H19N3O5S2/c1-16(23(29)26-18-10-12-19(13-11-18)28(31)32)27-24(30)22(35-25(27)34)15-17-6-5-9-21(14-17)33-20-7-3-2-4-8-20/h2-16H,1H3,(H,26,29)/b22-15-. The molecule has 35 heavy (non-hydrogen) atoms. The van der Waals surface area contributed by atoms with E-state index < -0.39 is 16.9 Å². The number of thiocarbonyl (C=S) groups is 1. The highest BCUT2D eigenvalue weighted by atomic mass is 32.2. The van der Waals surface area contributed by atoms with Gasteiger partial charge in [0.2, 0.25) is 5.91 Å². The van der Waals surface area contributed by atoms with Crippen LogP contribution in [0.5, 0.6) is 11.5 Å². The lowest BCUT2D eigenvalue weighted by molar-refractivity contribution is -0.384. The number of carbonyl (C=O) groups is 2. The number of nitro benzene ring substituents is 1. The molecule has 4 rings (SSSR count). The summed E-state index contributed by atoms with van der Waals surface area (Å²) < 4.78 is 6.12. The maximum absolute atomic E-state index is 13.1. The number of rotatable bonds is 7. The Bertz CT molecular complexity index is 1330. The maximum atomic E-state index is 13.1. The van der Waals surface area contributed by atoms with Crippen molar-refractivity contribution < 1.29 is 19.2 Å². The zero-order chi connectivity index (χ0) is 24.9. The number of amides is 2. The van der Waals surface area contributed by atoms with Gasteiger partial charge in [-0.15, -0.1) is 0 Å². The molecule has 1 heterocycles. The lowest BCUT2D eigenvalue weighted by atomic mass is 10.2. The van der Waals surface area contributed by atoms with E-state index in [0.717, 1.165) is 17.3 Å². The second kappa shape index (κ2) is 10.5. The van der Waals surface area contributed by atoms with E-state index in [-0.39, 0.29) is 15.9 Å². The van der Waals surface area contributed by atoms with E-state index in [1.165, 1.54) is 29.2 Å². The Morgan fingerprint density at radius 2 is 1.77 bits per heavy atom. The maximum Gasteiger partial charge on any atom is 0.269 e. The molecule has 3 aromatic carbocycles. The number of carbonyl (C=O) groups excluding carboxylic acids is 2. The molecule has 3 aromatic rings. The van der Waals surface area contributed by atoms with E-state index in [2.05, 4.69) is 5.32 Å². The predicted molar refractivity (Wildman–Crippen MR) is 139 cm³/mol. The van der Waals surface area contributed by atoms with Gasteiger partial charge in [-0.2, -0.15) is 0 Å². The SMILES string of the molecule is CC(C(=O)Nc1ccc([N+](=O)[O-])cc1)N1C(=O)/C(=C/c2cccc(Oc3ccccc3)c2)SC1=S. The van der Waals surface area contributed by atoms with Crippen LogP contribution >= 0.6 is 24.0 Å². The van der Waals surface area contributed by atoms with Gasteiger partial charge in [0.25, 0.3) is 11.6 Å². The van der Waals surface area contributed by atoms with Crippen molar-refractivity contribution in [2.24, 2.45) is 0 Å². The van der Waals surface area contributed by atoms with Crippen LogP contribution < -0.4 is 10.1 Å². The summed E-state index contributed by atoms with van der Waals surface area (Å²) >= 11 is 6.49. The Morgan fingerprint density at radius 1 is 1.09 bits per heavy atom. The molecule has 0 aliphatic carbocycles. The van der Waals surface area contributed by atoms with Crippen molar-refractivity contribution in [2.75, 3.05) is 5.32 Å². The zero-order valence-electron chi connectivity index (χ0n) is 18.4. The van der Waals surface area contributed by atoms with Crippen LogP contribution in [0.1, 0.15) is 12.5 Å². The fourth-order valence-corrected chi connectivity index (χ4v) is 4.71. The molecule has 0 spiro atoms. The zero-order valence-corrected chi connectivity index (χ0v) is 20.0. The lowest BCUT2D eigenvalue weighted by Crippen LogP contribution is -2.44.